The fourth-order valence-corrected chi connectivity index (χ4v) is 3.09. The van der Waals surface area contributed by atoms with Crippen LogP contribution in [0.5, 0.6) is 0 Å². The number of likely N-dealkylation sites (tertiary alicyclic amines) is 1. The monoisotopic (exact) mass is 366 g/mol. The average molecular weight is 366 g/mol. The predicted octanol–water partition coefficient (Wildman–Crippen LogP) is 2.73. The van der Waals surface area contributed by atoms with E-state index in [2.05, 4.69) is 5.10 Å². The van der Waals surface area contributed by atoms with E-state index in [-0.39, 0.29) is 23.2 Å². The second-order valence-corrected chi connectivity index (χ2v) is 8.63. The van der Waals surface area contributed by atoms with Crippen LogP contribution in [0.25, 0.3) is 0 Å². The van der Waals surface area contributed by atoms with Gasteiger partial charge in [-0.15, -0.1) is 0 Å². The number of nitrogens with zero attached hydrogens (tertiary/aromatic N) is 3. The van der Waals surface area contributed by atoms with Crippen molar-refractivity contribution < 1.29 is 19.1 Å². The first kappa shape index (κ1) is 20.1. The highest BCUT2D eigenvalue weighted by Crippen LogP contribution is 2.36. The minimum absolute atomic E-state index is 0.0901. The standard InChI is InChI=1S/C18H30N4O4/c1-17(2,3)22-14(19)12(13(20-22)15(23)25-7)11-8-9-21(10-11)16(24)26-18(4,5)6/h11H,8-10,19H2,1-7H3. The lowest BCUT2D eigenvalue weighted by atomic mass is 9.97. The fraction of sp³-hybridized carbons (Fsp3) is 0.722. The van der Waals surface area contributed by atoms with Crippen molar-refractivity contribution in [2.24, 2.45) is 0 Å². The molecule has 1 aliphatic heterocycles. The molecule has 0 radical (unpaired) electrons. The maximum Gasteiger partial charge on any atom is 0.410 e. The van der Waals surface area contributed by atoms with Crippen LogP contribution >= 0.6 is 0 Å². The Hall–Kier alpha value is -2.25. The summed E-state index contributed by atoms with van der Waals surface area (Å²) in [5.41, 5.74) is 6.28. The first-order chi connectivity index (χ1) is 11.8. The molecule has 0 spiro atoms. The van der Waals surface area contributed by atoms with Crippen LogP contribution in [0.4, 0.5) is 10.6 Å². The third-order valence-corrected chi connectivity index (χ3v) is 4.22. The summed E-state index contributed by atoms with van der Waals surface area (Å²) in [6, 6.07) is 0. The van der Waals surface area contributed by atoms with E-state index in [4.69, 9.17) is 15.2 Å². The summed E-state index contributed by atoms with van der Waals surface area (Å²) < 4.78 is 12.0. The van der Waals surface area contributed by atoms with Gasteiger partial charge in [-0.05, 0) is 48.0 Å². The van der Waals surface area contributed by atoms with Crippen LogP contribution in [0.15, 0.2) is 0 Å². The van der Waals surface area contributed by atoms with Crippen molar-refractivity contribution in [2.75, 3.05) is 25.9 Å². The molecule has 146 valence electrons. The Balaban J connectivity index is 2.33. The van der Waals surface area contributed by atoms with Gasteiger partial charge in [0.15, 0.2) is 5.69 Å². The van der Waals surface area contributed by atoms with Crippen molar-refractivity contribution in [1.82, 2.24) is 14.7 Å². The van der Waals surface area contributed by atoms with E-state index >= 15 is 0 Å². The summed E-state index contributed by atoms with van der Waals surface area (Å²) >= 11 is 0. The molecule has 26 heavy (non-hydrogen) atoms. The van der Waals surface area contributed by atoms with Gasteiger partial charge >= 0.3 is 12.1 Å². The van der Waals surface area contributed by atoms with Crippen molar-refractivity contribution in [3.63, 3.8) is 0 Å². The number of hydrogen-bond donors (Lipinski definition) is 1. The Bertz CT molecular complexity index is 697. The zero-order valence-corrected chi connectivity index (χ0v) is 16.8. The number of carbonyl (C=O) groups is 2. The molecule has 1 aromatic heterocycles. The minimum Gasteiger partial charge on any atom is -0.464 e. The van der Waals surface area contributed by atoms with Gasteiger partial charge in [0.05, 0.1) is 12.6 Å². The zero-order chi connectivity index (χ0) is 19.9. The average Bonchev–Trinajstić information content (AvgIpc) is 3.08. The number of methoxy groups -OCH3 is 1. The van der Waals surface area contributed by atoms with Gasteiger partial charge in [-0.2, -0.15) is 5.10 Å². The lowest BCUT2D eigenvalue weighted by molar-refractivity contribution is 0.0292. The predicted molar refractivity (Wildman–Crippen MR) is 98.1 cm³/mol. The topological polar surface area (TPSA) is 99.7 Å². The minimum atomic E-state index is -0.553. The maximum atomic E-state index is 12.3. The highest BCUT2D eigenvalue weighted by Gasteiger charge is 2.37. The molecule has 1 unspecified atom stereocenters. The van der Waals surface area contributed by atoms with Crippen LogP contribution in [-0.4, -0.2) is 52.5 Å². The van der Waals surface area contributed by atoms with E-state index < -0.39 is 11.6 Å². The molecule has 1 aliphatic rings. The molecule has 1 saturated heterocycles. The van der Waals surface area contributed by atoms with Crippen LogP contribution in [0.3, 0.4) is 0 Å². The second kappa shape index (κ2) is 6.81. The Morgan fingerprint density at radius 1 is 1.19 bits per heavy atom. The summed E-state index contributed by atoms with van der Waals surface area (Å²) in [6.07, 6.45) is 0.324. The Morgan fingerprint density at radius 3 is 2.31 bits per heavy atom. The summed E-state index contributed by atoms with van der Waals surface area (Å²) in [4.78, 5) is 26.2. The van der Waals surface area contributed by atoms with Gasteiger partial charge in [0.25, 0.3) is 0 Å². The van der Waals surface area contributed by atoms with Crippen LogP contribution < -0.4 is 5.73 Å². The molecule has 1 atom stereocenters. The van der Waals surface area contributed by atoms with E-state index in [1.165, 1.54) is 7.11 Å². The number of ether oxygens (including phenoxy) is 2. The van der Waals surface area contributed by atoms with Gasteiger partial charge in [-0.25, -0.2) is 14.3 Å². The number of aromatic nitrogens is 2. The van der Waals surface area contributed by atoms with Crippen LogP contribution in [0.2, 0.25) is 0 Å². The van der Waals surface area contributed by atoms with Gasteiger partial charge in [-0.3, -0.25) is 0 Å². The number of amides is 1. The van der Waals surface area contributed by atoms with Crippen molar-refractivity contribution in [3.05, 3.63) is 11.3 Å². The molecular weight excluding hydrogens is 336 g/mol. The first-order valence-corrected chi connectivity index (χ1v) is 8.80. The Labute approximate surface area is 154 Å². The van der Waals surface area contributed by atoms with E-state index in [1.54, 1.807) is 9.58 Å². The fourth-order valence-electron chi connectivity index (χ4n) is 3.09. The van der Waals surface area contributed by atoms with E-state index in [0.29, 0.717) is 30.9 Å². The van der Waals surface area contributed by atoms with E-state index in [9.17, 15) is 9.59 Å². The molecule has 2 heterocycles. The number of esters is 1. The smallest absolute Gasteiger partial charge is 0.410 e. The van der Waals surface area contributed by atoms with E-state index in [0.717, 1.165) is 0 Å². The molecule has 0 aliphatic carbocycles. The zero-order valence-electron chi connectivity index (χ0n) is 16.8. The SMILES string of the molecule is COC(=O)c1nn(C(C)(C)C)c(N)c1C1CCN(C(=O)OC(C)(C)C)C1. The molecule has 0 saturated carbocycles. The Morgan fingerprint density at radius 2 is 1.81 bits per heavy atom. The molecule has 1 fully saturated rings. The van der Waals surface area contributed by atoms with Crippen molar-refractivity contribution in [3.8, 4) is 0 Å². The van der Waals surface area contributed by atoms with Gasteiger partial charge in [0, 0.05) is 24.6 Å². The molecular formula is C18H30N4O4. The van der Waals surface area contributed by atoms with Crippen molar-refractivity contribution in [2.45, 2.75) is 65.0 Å². The van der Waals surface area contributed by atoms with Gasteiger partial charge < -0.3 is 20.1 Å². The molecule has 2 rings (SSSR count). The highest BCUT2D eigenvalue weighted by molar-refractivity contribution is 5.90. The summed E-state index contributed by atoms with van der Waals surface area (Å²) in [5.74, 6) is -0.174. The van der Waals surface area contributed by atoms with Crippen LogP contribution in [-0.2, 0) is 15.0 Å². The van der Waals surface area contributed by atoms with E-state index in [1.807, 2.05) is 41.5 Å². The number of nitrogens with two attached hydrogens (primary N) is 1. The Kier molecular flexibility index (Phi) is 5.26. The van der Waals surface area contributed by atoms with Gasteiger partial charge in [0.2, 0.25) is 0 Å². The maximum absolute atomic E-state index is 12.3. The van der Waals surface area contributed by atoms with Crippen LogP contribution in [0.1, 0.15) is 69.9 Å². The lowest BCUT2D eigenvalue weighted by Gasteiger charge is -2.24. The van der Waals surface area contributed by atoms with Crippen LogP contribution in [0, 0.1) is 0 Å². The first-order valence-electron chi connectivity index (χ1n) is 8.80. The number of anilines is 1. The van der Waals surface area contributed by atoms with Crippen molar-refractivity contribution >= 4 is 17.9 Å². The molecule has 0 aromatic carbocycles. The normalized spacial score (nSPS) is 18.1. The third-order valence-electron chi connectivity index (χ3n) is 4.22. The number of carbonyl (C=O) groups excluding carboxylic acids is 2. The molecule has 0 bridgehead atoms. The third kappa shape index (κ3) is 4.11. The molecule has 1 amide bonds. The largest absolute Gasteiger partial charge is 0.464 e. The quantitative estimate of drug-likeness (QED) is 0.808. The number of hydrogen-bond acceptors (Lipinski definition) is 6. The molecule has 2 N–H and O–H groups in total. The number of nitrogen functional groups attached to an aromatic ring is 1. The number of rotatable bonds is 2. The molecule has 8 nitrogen and oxygen atoms in total. The summed E-state index contributed by atoms with van der Waals surface area (Å²) in [6.45, 7) is 12.4. The van der Waals surface area contributed by atoms with Crippen molar-refractivity contribution in [1.29, 1.82) is 0 Å². The van der Waals surface area contributed by atoms with Gasteiger partial charge in [0.1, 0.15) is 11.4 Å². The molecule has 8 heteroatoms. The highest BCUT2D eigenvalue weighted by atomic mass is 16.6. The van der Waals surface area contributed by atoms with Gasteiger partial charge in [-0.1, -0.05) is 0 Å². The lowest BCUT2D eigenvalue weighted by Crippen LogP contribution is -2.35. The summed E-state index contributed by atoms with van der Waals surface area (Å²) in [7, 11) is 1.32. The molecule has 1 aromatic rings. The second-order valence-electron chi connectivity index (χ2n) is 8.63. The summed E-state index contributed by atoms with van der Waals surface area (Å²) in [5, 5.41) is 4.41.